The van der Waals surface area contributed by atoms with Crippen molar-refractivity contribution in [1.29, 1.82) is 0 Å². The second-order valence-electron chi connectivity index (χ2n) is 5.96. The lowest BCUT2D eigenvalue weighted by atomic mass is 9.96. The van der Waals surface area contributed by atoms with Gasteiger partial charge in [0.2, 0.25) is 0 Å². The maximum Gasteiger partial charge on any atom is 0.165 e. The SMILES string of the molecule is CC(C)N[SiH2][SiH](N([SiH3])[SiH3])N([SiH3])C1CCCCC1. The van der Waals surface area contributed by atoms with Crippen LogP contribution in [0.1, 0.15) is 46.0 Å². The summed E-state index contributed by atoms with van der Waals surface area (Å²) < 4.78 is 5.84. The van der Waals surface area contributed by atoms with Gasteiger partial charge in [-0.3, -0.25) is 0 Å². The highest BCUT2D eigenvalue weighted by Gasteiger charge is 2.26. The van der Waals surface area contributed by atoms with E-state index in [0.717, 1.165) is 6.04 Å². The molecule has 3 nitrogen and oxygen atoms in total. The molecule has 1 fully saturated rings. The average molecular weight is 322 g/mol. The Bertz CT molecular complexity index is 211. The molecule has 102 valence electrons. The van der Waals surface area contributed by atoms with Gasteiger partial charge in [0.15, 0.2) is 8.64 Å². The number of hydrogen-bond donors (Lipinski definition) is 1. The lowest BCUT2D eigenvalue weighted by Gasteiger charge is -2.40. The van der Waals surface area contributed by atoms with E-state index in [1.54, 1.807) is 0 Å². The molecule has 0 saturated heterocycles. The molecule has 1 atom stereocenters. The van der Waals surface area contributed by atoms with Crippen LogP contribution in [-0.4, -0.2) is 69.3 Å². The predicted molar refractivity (Wildman–Crippen MR) is 94.3 cm³/mol. The fourth-order valence-corrected chi connectivity index (χ4v) is 22.3. The van der Waals surface area contributed by atoms with E-state index >= 15 is 0 Å². The van der Waals surface area contributed by atoms with Crippen LogP contribution in [0.15, 0.2) is 0 Å². The standard InChI is InChI=1S/C9H31N3Si5/c1-8(2)10-16-17(12(14)15)11(13)9-6-4-3-5-7-9/h8-10,17H,3-7,16H2,1-2,13-15H3. The second kappa shape index (κ2) is 8.20. The molecular formula is C9H31N3Si5. The minimum Gasteiger partial charge on any atom is -0.375 e. The highest BCUT2D eigenvalue weighted by Crippen LogP contribution is 2.21. The van der Waals surface area contributed by atoms with E-state index in [1.165, 1.54) is 63.3 Å². The molecule has 1 aliphatic rings. The minimum atomic E-state index is -0.651. The van der Waals surface area contributed by atoms with Crippen molar-refractivity contribution in [2.75, 3.05) is 0 Å². The first-order valence-electron chi connectivity index (χ1n) is 7.14. The molecule has 17 heavy (non-hydrogen) atoms. The van der Waals surface area contributed by atoms with Gasteiger partial charge in [-0.15, -0.1) is 0 Å². The maximum atomic E-state index is 3.83. The molecular weight excluding hydrogens is 291 g/mol. The van der Waals surface area contributed by atoms with Crippen molar-refractivity contribution >= 4 is 49.0 Å². The first-order valence-corrected chi connectivity index (χ1v) is 14.8. The van der Waals surface area contributed by atoms with Crippen molar-refractivity contribution in [3.8, 4) is 0 Å². The Hall–Kier alpha value is 0.964. The molecule has 1 rings (SSSR count). The van der Waals surface area contributed by atoms with Gasteiger partial charge in [0.25, 0.3) is 0 Å². The lowest BCUT2D eigenvalue weighted by Crippen LogP contribution is -2.61. The third-order valence-electron chi connectivity index (χ3n) is 3.93. The van der Waals surface area contributed by atoms with Gasteiger partial charge >= 0.3 is 0 Å². The third kappa shape index (κ3) is 5.64. The Balaban J connectivity index is 2.49. The van der Waals surface area contributed by atoms with Crippen LogP contribution in [0.4, 0.5) is 0 Å². The monoisotopic (exact) mass is 321 g/mol. The molecule has 1 saturated carbocycles. The summed E-state index contributed by atoms with van der Waals surface area (Å²) in [7, 11) is 3.27. The van der Waals surface area contributed by atoms with E-state index in [4.69, 9.17) is 0 Å². The van der Waals surface area contributed by atoms with Gasteiger partial charge in [0, 0.05) is 0 Å². The first kappa shape index (κ1) is 16.0. The average Bonchev–Trinajstić information content (AvgIpc) is 2.29. The third-order valence-corrected chi connectivity index (χ3v) is 26.3. The molecule has 0 spiro atoms. The van der Waals surface area contributed by atoms with Gasteiger partial charge < -0.3 is 13.1 Å². The van der Waals surface area contributed by atoms with Crippen molar-refractivity contribution < 1.29 is 0 Å². The van der Waals surface area contributed by atoms with Gasteiger partial charge in [-0.2, -0.15) is 0 Å². The van der Waals surface area contributed by atoms with Crippen molar-refractivity contribution in [3.63, 3.8) is 0 Å². The molecule has 0 aromatic rings. The molecule has 0 amide bonds. The van der Waals surface area contributed by atoms with Crippen LogP contribution >= 0.6 is 0 Å². The number of hydrogen-bond acceptors (Lipinski definition) is 3. The van der Waals surface area contributed by atoms with Crippen molar-refractivity contribution in [2.45, 2.75) is 58.0 Å². The first-order chi connectivity index (χ1) is 8.02. The maximum absolute atomic E-state index is 3.83. The van der Waals surface area contributed by atoms with Crippen LogP contribution in [0.5, 0.6) is 0 Å². The number of rotatable bonds is 6. The molecule has 1 aliphatic carbocycles. The topological polar surface area (TPSA) is 18.5 Å². The molecule has 0 heterocycles. The van der Waals surface area contributed by atoms with E-state index < -0.39 is 8.64 Å². The number of nitrogens with zero attached hydrogens (tertiary/aromatic N) is 2. The van der Waals surface area contributed by atoms with Crippen molar-refractivity contribution in [3.05, 3.63) is 0 Å². The van der Waals surface area contributed by atoms with Gasteiger partial charge in [-0.05, 0) is 24.9 Å². The molecule has 0 aromatic carbocycles. The largest absolute Gasteiger partial charge is 0.375 e. The number of nitrogens with one attached hydrogen (secondary N) is 1. The van der Waals surface area contributed by atoms with Crippen LogP contribution in [0.25, 0.3) is 0 Å². The summed E-state index contributed by atoms with van der Waals surface area (Å²) in [5, 5.41) is 0. The van der Waals surface area contributed by atoms with E-state index in [-0.39, 0.29) is 9.20 Å². The normalized spacial score (nSPS) is 21.7. The summed E-state index contributed by atoms with van der Waals surface area (Å²) in [6, 6.07) is 1.69. The van der Waals surface area contributed by atoms with Crippen LogP contribution < -0.4 is 4.98 Å². The van der Waals surface area contributed by atoms with Crippen molar-refractivity contribution in [2.24, 2.45) is 0 Å². The quantitative estimate of drug-likeness (QED) is 0.514. The Morgan fingerprint density at radius 1 is 1.18 bits per heavy atom. The van der Waals surface area contributed by atoms with Gasteiger partial charge in [-0.25, -0.2) is 0 Å². The highest BCUT2D eigenvalue weighted by atomic mass is 29.2. The molecule has 0 radical (unpaired) electrons. The molecule has 1 N–H and O–H groups in total. The zero-order valence-electron chi connectivity index (χ0n) is 12.4. The molecule has 0 bridgehead atoms. The Morgan fingerprint density at radius 2 is 1.76 bits per heavy atom. The van der Waals surface area contributed by atoms with Crippen molar-refractivity contribution in [1.82, 2.24) is 13.1 Å². The minimum absolute atomic E-state index is 0.0172. The molecule has 0 aromatic heterocycles. The van der Waals surface area contributed by atoms with Gasteiger partial charge in [0.1, 0.15) is 9.20 Å². The summed E-state index contributed by atoms with van der Waals surface area (Å²) in [4.78, 5) is 3.83. The summed E-state index contributed by atoms with van der Waals surface area (Å²) in [5.41, 5.74) is 0. The van der Waals surface area contributed by atoms with Crippen LogP contribution in [0, 0.1) is 0 Å². The zero-order valence-corrected chi connectivity index (χ0v) is 20.9. The van der Waals surface area contributed by atoms with Crippen LogP contribution in [0.3, 0.4) is 0 Å². The zero-order chi connectivity index (χ0) is 12.8. The molecule has 0 aliphatic heterocycles. The van der Waals surface area contributed by atoms with Gasteiger partial charge in [0.05, 0.1) is 31.2 Å². The summed E-state index contributed by atoms with van der Waals surface area (Å²) in [6.07, 6.45) is 7.48. The highest BCUT2D eigenvalue weighted by molar-refractivity contribution is 7.12. The Kier molecular flexibility index (Phi) is 7.73. The fraction of sp³-hybridized carbons (Fsp3) is 1.00. The molecule has 8 heteroatoms. The van der Waals surface area contributed by atoms with E-state index in [0.29, 0.717) is 6.04 Å². The summed E-state index contributed by atoms with van der Waals surface area (Å²) in [5.74, 6) is 0. The second-order valence-corrected chi connectivity index (χ2v) is 21.7. The molecule has 1 unspecified atom stereocenters. The fourth-order valence-electron chi connectivity index (χ4n) is 2.76. The smallest absolute Gasteiger partial charge is 0.165 e. The van der Waals surface area contributed by atoms with E-state index in [2.05, 4.69) is 27.0 Å². The van der Waals surface area contributed by atoms with Crippen LogP contribution in [-0.2, 0) is 0 Å². The van der Waals surface area contributed by atoms with E-state index in [1.807, 2.05) is 0 Å². The van der Waals surface area contributed by atoms with E-state index in [9.17, 15) is 0 Å². The lowest BCUT2D eigenvalue weighted by molar-refractivity contribution is 0.339. The van der Waals surface area contributed by atoms with Crippen LogP contribution in [0.2, 0.25) is 0 Å². The predicted octanol–water partition coefficient (Wildman–Crippen LogP) is -3.44. The summed E-state index contributed by atoms with van der Waals surface area (Å²) >= 11 is 0. The Labute approximate surface area is 120 Å². The summed E-state index contributed by atoms with van der Waals surface area (Å²) in [6.45, 7) is 4.61. The van der Waals surface area contributed by atoms with Gasteiger partial charge in [-0.1, -0.05) is 33.1 Å². The Morgan fingerprint density at radius 3 is 2.24 bits per heavy atom.